The van der Waals surface area contributed by atoms with Crippen LogP contribution in [0.4, 0.5) is 5.00 Å². The Bertz CT molecular complexity index is 1290. The van der Waals surface area contributed by atoms with Crippen molar-refractivity contribution >= 4 is 44.1 Å². The van der Waals surface area contributed by atoms with Gasteiger partial charge in [-0.05, 0) is 37.4 Å². The van der Waals surface area contributed by atoms with Crippen molar-refractivity contribution in [2.24, 2.45) is 0 Å². The molecule has 9 heteroatoms. The average molecular weight is 467 g/mol. The minimum absolute atomic E-state index is 0.0840. The van der Waals surface area contributed by atoms with Gasteiger partial charge in [0.25, 0.3) is 0 Å². The highest BCUT2D eigenvalue weighted by Gasteiger charge is 2.41. The second-order valence-corrected chi connectivity index (χ2v) is 9.25. The molecule has 0 saturated carbocycles. The number of ketones is 1. The number of esters is 2. The van der Waals surface area contributed by atoms with E-state index in [1.165, 1.54) is 30.6 Å². The van der Waals surface area contributed by atoms with Gasteiger partial charge in [0.1, 0.15) is 27.7 Å². The molecular formula is C24H22N2O6S. The van der Waals surface area contributed by atoms with Crippen molar-refractivity contribution in [3.63, 3.8) is 0 Å². The number of methoxy groups -OCH3 is 1. The molecule has 8 nitrogen and oxygen atoms in total. The Morgan fingerprint density at radius 1 is 1.15 bits per heavy atom. The van der Waals surface area contributed by atoms with Gasteiger partial charge in [0.05, 0.1) is 29.4 Å². The first-order valence-electron chi connectivity index (χ1n) is 10.6. The fraction of sp³-hybridized carbons (Fsp3) is 0.292. The van der Waals surface area contributed by atoms with E-state index in [2.05, 4.69) is 5.32 Å². The number of ether oxygens (including phenoxy) is 3. The van der Waals surface area contributed by atoms with E-state index in [1.54, 1.807) is 24.3 Å². The number of piperidine rings is 1. The van der Waals surface area contributed by atoms with E-state index < -0.39 is 17.5 Å². The number of anilines is 1. The molecule has 1 saturated heterocycles. The number of fused-ring (bicyclic) bond motifs is 2. The van der Waals surface area contributed by atoms with Gasteiger partial charge in [-0.15, -0.1) is 11.3 Å². The predicted molar refractivity (Wildman–Crippen MR) is 123 cm³/mol. The second-order valence-electron chi connectivity index (χ2n) is 8.20. The van der Waals surface area contributed by atoms with Gasteiger partial charge in [-0.3, -0.25) is 4.79 Å². The van der Waals surface area contributed by atoms with E-state index in [-0.39, 0.29) is 28.3 Å². The molecule has 1 fully saturated rings. The van der Waals surface area contributed by atoms with E-state index in [0.29, 0.717) is 27.1 Å². The maximum atomic E-state index is 12.8. The zero-order valence-corrected chi connectivity index (χ0v) is 18.8. The number of hydrogen-bond donors (Lipinski definition) is 2. The van der Waals surface area contributed by atoms with Crippen molar-refractivity contribution in [2.45, 2.75) is 24.9 Å². The molecule has 3 N–H and O–H groups in total. The maximum absolute atomic E-state index is 12.8. The predicted octanol–water partition coefficient (Wildman–Crippen LogP) is 3.58. The molecule has 0 bridgehead atoms. The van der Waals surface area contributed by atoms with Crippen LogP contribution in [0.3, 0.4) is 0 Å². The lowest BCUT2D eigenvalue weighted by Gasteiger charge is -2.40. The summed E-state index contributed by atoms with van der Waals surface area (Å²) in [4.78, 5) is 38.4. The molecule has 2 aliphatic heterocycles. The van der Waals surface area contributed by atoms with Gasteiger partial charge in [-0.25, -0.2) is 9.59 Å². The number of hydrogen-bond acceptors (Lipinski definition) is 9. The molecule has 2 aromatic carbocycles. The van der Waals surface area contributed by atoms with Gasteiger partial charge in [-0.2, -0.15) is 0 Å². The smallest absolute Gasteiger partial charge is 0.349 e. The second kappa shape index (κ2) is 8.17. The van der Waals surface area contributed by atoms with Gasteiger partial charge in [0.2, 0.25) is 0 Å². The van der Waals surface area contributed by atoms with E-state index in [1.807, 2.05) is 0 Å². The third kappa shape index (κ3) is 3.73. The first-order valence-corrected chi connectivity index (χ1v) is 11.4. The third-order valence-electron chi connectivity index (χ3n) is 6.16. The largest absolute Gasteiger partial charge is 0.495 e. The fourth-order valence-electron chi connectivity index (χ4n) is 4.46. The molecule has 0 unspecified atom stereocenters. The Morgan fingerprint density at radius 2 is 1.94 bits per heavy atom. The van der Waals surface area contributed by atoms with Gasteiger partial charge in [0, 0.05) is 18.2 Å². The number of nitrogen functional groups attached to an aromatic ring is 1. The normalized spacial score (nSPS) is 16.8. The lowest BCUT2D eigenvalue weighted by Crippen LogP contribution is -2.49. The third-order valence-corrected chi connectivity index (χ3v) is 7.21. The van der Waals surface area contributed by atoms with Crippen LogP contribution in [-0.2, 0) is 4.74 Å². The molecular weight excluding hydrogens is 444 g/mol. The Morgan fingerprint density at radius 3 is 2.70 bits per heavy atom. The highest BCUT2D eigenvalue weighted by atomic mass is 32.1. The molecule has 0 atom stereocenters. The first kappa shape index (κ1) is 21.4. The summed E-state index contributed by atoms with van der Waals surface area (Å²) >= 11 is 1.19. The molecule has 2 aliphatic rings. The number of nitrogens with two attached hydrogens (primary N) is 1. The minimum atomic E-state index is -0.862. The van der Waals surface area contributed by atoms with Crippen LogP contribution < -0.4 is 20.5 Å². The van der Waals surface area contributed by atoms with Crippen LogP contribution in [0.15, 0.2) is 36.4 Å². The van der Waals surface area contributed by atoms with Crippen LogP contribution in [0.2, 0.25) is 0 Å². The number of carbonyl (C=O) groups is 3. The zero-order chi connectivity index (χ0) is 23.2. The molecule has 0 radical (unpaired) electrons. The van der Waals surface area contributed by atoms with Crippen LogP contribution in [0, 0.1) is 0 Å². The lowest BCUT2D eigenvalue weighted by molar-refractivity contribution is 0.0187. The summed E-state index contributed by atoms with van der Waals surface area (Å²) in [6.45, 7) is 1.59. The number of benzene rings is 2. The zero-order valence-electron chi connectivity index (χ0n) is 17.9. The monoisotopic (exact) mass is 466 g/mol. The van der Waals surface area contributed by atoms with Crippen LogP contribution >= 0.6 is 11.3 Å². The summed E-state index contributed by atoms with van der Waals surface area (Å²) in [6.07, 6.45) is 1.76. The van der Waals surface area contributed by atoms with Gasteiger partial charge >= 0.3 is 11.9 Å². The summed E-state index contributed by atoms with van der Waals surface area (Å²) in [7, 11) is 1.53. The van der Waals surface area contributed by atoms with Crippen LogP contribution in [0.1, 0.15) is 50.3 Å². The van der Waals surface area contributed by atoms with Crippen molar-refractivity contribution in [3.05, 3.63) is 53.1 Å². The van der Waals surface area contributed by atoms with Crippen molar-refractivity contribution in [2.75, 3.05) is 25.9 Å². The maximum Gasteiger partial charge on any atom is 0.349 e. The van der Waals surface area contributed by atoms with Crippen LogP contribution in [-0.4, -0.2) is 43.5 Å². The van der Waals surface area contributed by atoms with Crippen molar-refractivity contribution < 1.29 is 28.6 Å². The van der Waals surface area contributed by atoms with Crippen LogP contribution in [0.5, 0.6) is 11.5 Å². The summed E-state index contributed by atoms with van der Waals surface area (Å²) < 4.78 is 17.3. The van der Waals surface area contributed by atoms with E-state index in [0.717, 1.165) is 25.9 Å². The highest BCUT2D eigenvalue weighted by Crippen LogP contribution is 2.40. The van der Waals surface area contributed by atoms with Gasteiger partial charge < -0.3 is 25.3 Å². The fourth-order valence-corrected chi connectivity index (χ4v) is 5.51. The number of carbonyl (C=O) groups excluding carboxylic acids is 3. The van der Waals surface area contributed by atoms with Gasteiger partial charge in [0.15, 0.2) is 5.78 Å². The van der Waals surface area contributed by atoms with Gasteiger partial charge in [-0.1, -0.05) is 12.1 Å². The van der Waals surface area contributed by atoms with E-state index >= 15 is 0 Å². The summed E-state index contributed by atoms with van der Waals surface area (Å²) in [5.74, 6) is -0.768. The quantitative estimate of drug-likeness (QED) is 0.444. The Balaban J connectivity index is 1.39. The molecule has 1 aromatic heterocycles. The molecule has 0 amide bonds. The molecule has 33 heavy (non-hydrogen) atoms. The summed E-state index contributed by atoms with van der Waals surface area (Å²) in [5, 5.41) is 4.05. The average Bonchev–Trinajstić information content (AvgIpc) is 3.15. The van der Waals surface area contributed by atoms with Crippen LogP contribution in [0.25, 0.3) is 10.1 Å². The Labute approximate surface area is 193 Å². The number of Topliss-reactive ketones (excluding diaryl/α,β-unsaturated/α-hetero) is 1. The number of rotatable bonds is 3. The summed E-state index contributed by atoms with van der Waals surface area (Å²) in [5.41, 5.74) is 6.10. The molecule has 3 heterocycles. The molecule has 170 valence electrons. The Hall–Kier alpha value is -3.43. The Kier molecular flexibility index (Phi) is 5.30. The van der Waals surface area contributed by atoms with Crippen molar-refractivity contribution in [1.82, 2.24) is 5.32 Å². The topological polar surface area (TPSA) is 117 Å². The molecule has 5 rings (SSSR count). The minimum Gasteiger partial charge on any atom is -0.495 e. The van der Waals surface area contributed by atoms with Crippen molar-refractivity contribution in [3.8, 4) is 11.5 Å². The lowest BCUT2D eigenvalue weighted by atomic mass is 9.83. The SMILES string of the molecule is COc1cccc2c(C(=O)OC(=O)c3ccc4c(c3)C(=O)CC3(CCNCC3)O4)c(N)sc12. The molecule has 3 aromatic rings. The number of thiophene rings is 1. The van der Waals surface area contributed by atoms with E-state index in [4.69, 9.17) is 19.9 Å². The van der Waals surface area contributed by atoms with Crippen molar-refractivity contribution in [1.29, 1.82) is 0 Å². The first-order chi connectivity index (χ1) is 15.9. The molecule has 1 spiro atoms. The molecule has 0 aliphatic carbocycles. The van der Waals surface area contributed by atoms with E-state index in [9.17, 15) is 14.4 Å². The standard InChI is InChI=1S/C24H22N2O6S/c1-30-18-4-2-3-14-19(21(25)33-20(14)18)23(29)31-22(28)13-5-6-17-15(11-13)16(27)12-24(32-17)7-9-26-10-8-24/h2-6,11,26H,7-10,12,25H2,1H3. The summed E-state index contributed by atoms with van der Waals surface area (Å²) in [6, 6.07) is 9.74. The number of nitrogens with one attached hydrogen (secondary N) is 1. The highest BCUT2D eigenvalue weighted by molar-refractivity contribution is 7.23.